The van der Waals surface area contributed by atoms with Crippen LogP contribution in [0, 0.1) is 6.92 Å². The third-order valence-electron chi connectivity index (χ3n) is 3.65. The van der Waals surface area contributed by atoms with Crippen molar-refractivity contribution in [3.8, 4) is 5.75 Å². The van der Waals surface area contributed by atoms with Crippen LogP contribution in [0.1, 0.15) is 16.8 Å². The smallest absolute Gasteiger partial charge is 0.130 e. The van der Waals surface area contributed by atoms with E-state index < -0.39 is 0 Å². The normalized spacial score (nSPS) is 10.7. The molecule has 5 nitrogen and oxygen atoms in total. The number of aryl methyl sites for hydroxylation is 1. The molecule has 5 heteroatoms. The van der Waals surface area contributed by atoms with E-state index in [1.807, 2.05) is 41.2 Å². The van der Waals surface area contributed by atoms with Gasteiger partial charge in [0.05, 0.1) is 18.4 Å². The zero-order valence-corrected chi connectivity index (χ0v) is 13.9. The van der Waals surface area contributed by atoms with Crippen LogP contribution >= 0.6 is 0 Å². The van der Waals surface area contributed by atoms with Crippen molar-refractivity contribution in [3.63, 3.8) is 0 Å². The first-order valence-corrected chi connectivity index (χ1v) is 8.11. The summed E-state index contributed by atoms with van der Waals surface area (Å²) in [5.41, 5.74) is 3.35. The number of aromatic nitrogens is 3. The minimum absolute atomic E-state index is 0.488. The van der Waals surface area contributed by atoms with E-state index in [4.69, 9.17) is 4.74 Å². The van der Waals surface area contributed by atoms with Crippen molar-refractivity contribution in [2.45, 2.75) is 26.6 Å². The predicted octanol–water partition coefficient (Wildman–Crippen LogP) is 2.96. The molecule has 3 rings (SSSR count). The molecule has 0 amide bonds. The van der Waals surface area contributed by atoms with Gasteiger partial charge < -0.3 is 10.1 Å². The maximum Gasteiger partial charge on any atom is 0.130 e. The van der Waals surface area contributed by atoms with E-state index in [-0.39, 0.29) is 0 Å². The van der Waals surface area contributed by atoms with Gasteiger partial charge in [-0.2, -0.15) is 5.10 Å². The lowest BCUT2D eigenvalue weighted by molar-refractivity contribution is 0.301. The molecule has 0 aliphatic heterocycles. The van der Waals surface area contributed by atoms with Crippen LogP contribution in [0.3, 0.4) is 0 Å². The quantitative estimate of drug-likeness (QED) is 0.648. The Bertz CT molecular complexity index is 738. The molecule has 3 aromatic rings. The van der Waals surface area contributed by atoms with Gasteiger partial charge in [0.25, 0.3) is 0 Å². The molecule has 0 aliphatic carbocycles. The second-order valence-electron chi connectivity index (χ2n) is 5.71. The third-order valence-corrected chi connectivity index (χ3v) is 3.65. The molecule has 0 saturated carbocycles. The van der Waals surface area contributed by atoms with E-state index in [1.165, 1.54) is 11.1 Å². The molecule has 0 bridgehead atoms. The van der Waals surface area contributed by atoms with E-state index in [1.54, 1.807) is 6.20 Å². The zero-order chi connectivity index (χ0) is 16.6. The standard InChI is InChI=1S/C19H22N4O/c1-16-12-22-23(14-16)11-10-20-13-17-5-7-19(8-6-17)24-15-18-4-2-3-9-21-18/h2-9,12,14,20H,10-11,13,15H2,1H3. The minimum atomic E-state index is 0.488. The summed E-state index contributed by atoms with van der Waals surface area (Å²) in [6, 6.07) is 14.0. The molecule has 0 unspecified atom stereocenters. The highest BCUT2D eigenvalue weighted by atomic mass is 16.5. The molecule has 24 heavy (non-hydrogen) atoms. The number of rotatable bonds is 8. The van der Waals surface area contributed by atoms with Crippen LogP contribution in [0.15, 0.2) is 61.1 Å². The van der Waals surface area contributed by atoms with Gasteiger partial charge in [0.15, 0.2) is 0 Å². The lowest BCUT2D eigenvalue weighted by Gasteiger charge is -2.08. The first-order valence-electron chi connectivity index (χ1n) is 8.11. The highest BCUT2D eigenvalue weighted by molar-refractivity contribution is 5.27. The molecular formula is C19H22N4O. The zero-order valence-electron chi connectivity index (χ0n) is 13.9. The average molecular weight is 322 g/mol. The SMILES string of the molecule is Cc1cnn(CCNCc2ccc(OCc3ccccn3)cc2)c1. The molecule has 0 radical (unpaired) electrons. The number of nitrogens with zero attached hydrogens (tertiary/aromatic N) is 3. The van der Waals surface area contributed by atoms with Crippen LogP contribution in [0.4, 0.5) is 0 Å². The summed E-state index contributed by atoms with van der Waals surface area (Å²) < 4.78 is 7.69. The Balaban J connectivity index is 1.39. The molecule has 2 aromatic heterocycles. The number of hydrogen-bond acceptors (Lipinski definition) is 4. The van der Waals surface area contributed by atoms with Crippen LogP contribution in [0.25, 0.3) is 0 Å². The Morgan fingerprint density at radius 1 is 1.12 bits per heavy atom. The van der Waals surface area contributed by atoms with Crippen molar-refractivity contribution in [2.24, 2.45) is 0 Å². The Labute approximate surface area is 142 Å². The first-order chi connectivity index (χ1) is 11.8. The van der Waals surface area contributed by atoms with Crippen molar-refractivity contribution >= 4 is 0 Å². The molecule has 124 valence electrons. The summed E-state index contributed by atoms with van der Waals surface area (Å²) in [6.07, 6.45) is 5.71. The highest BCUT2D eigenvalue weighted by Gasteiger charge is 1.98. The monoisotopic (exact) mass is 322 g/mol. The van der Waals surface area contributed by atoms with Gasteiger partial charge in [-0.1, -0.05) is 18.2 Å². The number of ether oxygens (including phenoxy) is 1. The van der Waals surface area contributed by atoms with Crippen molar-refractivity contribution in [1.29, 1.82) is 0 Å². The molecule has 1 aromatic carbocycles. The largest absolute Gasteiger partial charge is 0.487 e. The number of hydrogen-bond donors (Lipinski definition) is 1. The Morgan fingerprint density at radius 2 is 2.00 bits per heavy atom. The molecule has 0 aliphatic rings. The minimum Gasteiger partial charge on any atom is -0.487 e. The van der Waals surface area contributed by atoms with Gasteiger partial charge in [-0.3, -0.25) is 9.67 Å². The molecule has 0 fully saturated rings. The Hall–Kier alpha value is -2.66. The van der Waals surface area contributed by atoms with Gasteiger partial charge in [0.2, 0.25) is 0 Å². The molecule has 1 N–H and O–H groups in total. The van der Waals surface area contributed by atoms with Crippen LogP contribution in [-0.4, -0.2) is 21.3 Å². The molecular weight excluding hydrogens is 300 g/mol. The predicted molar refractivity (Wildman–Crippen MR) is 93.7 cm³/mol. The summed E-state index contributed by atoms with van der Waals surface area (Å²) >= 11 is 0. The van der Waals surface area contributed by atoms with Crippen LogP contribution in [-0.2, 0) is 19.7 Å². The van der Waals surface area contributed by atoms with Crippen LogP contribution < -0.4 is 10.1 Å². The second-order valence-corrected chi connectivity index (χ2v) is 5.71. The van der Waals surface area contributed by atoms with E-state index >= 15 is 0 Å². The fourth-order valence-corrected chi connectivity index (χ4v) is 2.36. The summed E-state index contributed by atoms with van der Waals surface area (Å²) in [7, 11) is 0. The van der Waals surface area contributed by atoms with E-state index in [0.717, 1.165) is 31.1 Å². The van der Waals surface area contributed by atoms with E-state index in [0.29, 0.717) is 6.61 Å². The second kappa shape index (κ2) is 8.26. The lowest BCUT2D eigenvalue weighted by Crippen LogP contribution is -2.19. The Kier molecular flexibility index (Phi) is 5.58. The summed E-state index contributed by atoms with van der Waals surface area (Å²) in [5.74, 6) is 0.858. The highest BCUT2D eigenvalue weighted by Crippen LogP contribution is 2.13. The number of nitrogens with one attached hydrogen (secondary N) is 1. The van der Waals surface area contributed by atoms with Gasteiger partial charge in [-0.05, 0) is 42.3 Å². The van der Waals surface area contributed by atoms with Crippen molar-refractivity contribution in [3.05, 3.63) is 77.9 Å². The fraction of sp³-hybridized carbons (Fsp3) is 0.263. The maximum atomic E-state index is 5.74. The van der Waals surface area contributed by atoms with Gasteiger partial charge in [-0.15, -0.1) is 0 Å². The fourth-order valence-electron chi connectivity index (χ4n) is 2.36. The summed E-state index contributed by atoms with van der Waals surface area (Å²) in [4.78, 5) is 4.25. The van der Waals surface area contributed by atoms with Gasteiger partial charge >= 0.3 is 0 Å². The molecule has 0 spiro atoms. The first kappa shape index (κ1) is 16.2. The maximum absolute atomic E-state index is 5.74. The summed E-state index contributed by atoms with van der Waals surface area (Å²) in [6.45, 7) is 5.13. The van der Waals surface area contributed by atoms with E-state index in [9.17, 15) is 0 Å². The van der Waals surface area contributed by atoms with Crippen molar-refractivity contribution in [1.82, 2.24) is 20.1 Å². The molecule has 0 atom stereocenters. The average Bonchev–Trinajstić information content (AvgIpc) is 3.04. The van der Waals surface area contributed by atoms with Crippen molar-refractivity contribution in [2.75, 3.05) is 6.54 Å². The number of benzene rings is 1. The van der Waals surface area contributed by atoms with Gasteiger partial charge in [0.1, 0.15) is 12.4 Å². The third kappa shape index (κ3) is 4.93. The summed E-state index contributed by atoms with van der Waals surface area (Å²) in [5, 5.41) is 7.70. The van der Waals surface area contributed by atoms with Crippen LogP contribution in [0.5, 0.6) is 5.75 Å². The van der Waals surface area contributed by atoms with E-state index in [2.05, 4.69) is 40.7 Å². The topological polar surface area (TPSA) is 52.0 Å². The van der Waals surface area contributed by atoms with Crippen LogP contribution in [0.2, 0.25) is 0 Å². The van der Waals surface area contributed by atoms with Crippen molar-refractivity contribution < 1.29 is 4.74 Å². The number of pyridine rings is 1. The van der Waals surface area contributed by atoms with Gasteiger partial charge in [-0.25, -0.2) is 0 Å². The van der Waals surface area contributed by atoms with Gasteiger partial charge in [0, 0.05) is 25.5 Å². The lowest BCUT2D eigenvalue weighted by atomic mass is 10.2. The molecule has 0 saturated heterocycles. The molecule has 2 heterocycles. The Morgan fingerprint density at radius 3 is 2.71 bits per heavy atom.